The van der Waals surface area contributed by atoms with Crippen LogP contribution in [0.5, 0.6) is 0 Å². The van der Waals surface area contributed by atoms with Crippen LogP contribution in [0.25, 0.3) is 0 Å². The van der Waals surface area contributed by atoms with Crippen molar-refractivity contribution in [3.05, 3.63) is 95.6 Å². The SMILES string of the molecule is Cc1ccc(S(=O)(=O)NC(=O)NC(NC(=O)NS(=O)(=O)c2ccc(C)cc2)c2ccccc2)cc1. The predicted octanol–water partition coefficient (Wildman–Crippen LogP) is 2.68. The third kappa shape index (κ3) is 7.04. The van der Waals surface area contributed by atoms with Crippen LogP contribution in [0.4, 0.5) is 9.59 Å². The maximum atomic E-state index is 12.5. The molecule has 0 spiro atoms. The molecule has 35 heavy (non-hydrogen) atoms. The highest BCUT2D eigenvalue weighted by molar-refractivity contribution is 7.90. The van der Waals surface area contributed by atoms with Crippen molar-refractivity contribution in [2.24, 2.45) is 0 Å². The lowest BCUT2D eigenvalue weighted by Gasteiger charge is -2.21. The van der Waals surface area contributed by atoms with Gasteiger partial charge in [0.2, 0.25) is 0 Å². The van der Waals surface area contributed by atoms with Gasteiger partial charge in [0.05, 0.1) is 9.79 Å². The summed E-state index contributed by atoms with van der Waals surface area (Å²) in [5.74, 6) is 0. The molecule has 3 rings (SSSR count). The molecule has 0 unspecified atom stereocenters. The first-order valence-corrected chi connectivity index (χ1v) is 13.3. The van der Waals surface area contributed by atoms with Crippen LogP contribution in [-0.4, -0.2) is 28.9 Å². The van der Waals surface area contributed by atoms with Gasteiger partial charge in [-0.25, -0.2) is 35.9 Å². The molecular weight excluding hydrogens is 492 g/mol. The van der Waals surface area contributed by atoms with Crippen LogP contribution >= 0.6 is 0 Å². The topological polar surface area (TPSA) is 151 Å². The van der Waals surface area contributed by atoms with E-state index in [0.717, 1.165) is 11.1 Å². The van der Waals surface area contributed by atoms with E-state index in [9.17, 15) is 26.4 Å². The molecule has 0 radical (unpaired) electrons. The lowest BCUT2D eigenvalue weighted by molar-refractivity contribution is 0.231. The summed E-state index contributed by atoms with van der Waals surface area (Å²) < 4.78 is 53.8. The van der Waals surface area contributed by atoms with Crippen LogP contribution in [0.2, 0.25) is 0 Å². The summed E-state index contributed by atoms with van der Waals surface area (Å²) in [6.07, 6.45) is -1.25. The Labute approximate surface area is 203 Å². The van der Waals surface area contributed by atoms with Crippen molar-refractivity contribution in [2.45, 2.75) is 29.8 Å². The molecule has 0 saturated carbocycles. The maximum absolute atomic E-state index is 12.5. The monoisotopic (exact) mass is 516 g/mol. The highest BCUT2D eigenvalue weighted by Crippen LogP contribution is 2.13. The summed E-state index contributed by atoms with van der Waals surface area (Å²) in [6, 6.07) is 17.6. The predicted molar refractivity (Wildman–Crippen MR) is 129 cm³/mol. The van der Waals surface area contributed by atoms with E-state index in [4.69, 9.17) is 0 Å². The number of nitrogens with one attached hydrogen (secondary N) is 4. The van der Waals surface area contributed by atoms with E-state index in [0.29, 0.717) is 5.56 Å². The quantitative estimate of drug-likeness (QED) is 0.355. The summed E-state index contributed by atoms with van der Waals surface area (Å²) in [5, 5.41) is 4.68. The second-order valence-electron chi connectivity index (χ2n) is 7.63. The van der Waals surface area contributed by atoms with Crippen LogP contribution in [-0.2, 0) is 20.0 Å². The molecule has 3 aromatic rings. The zero-order valence-corrected chi connectivity index (χ0v) is 20.5. The van der Waals surface area contributed by atoms with Gasteiger partial charge in [0, 0.05) is 0 Å². The Morgan fingerprint density at radius 2 is 0.971 bits per heavy atom. The fraction of sp³-hybridized carbons (Fsp3) is 0.130. The van der Waals surface area contributed by atoms with E-state index in [2.05, 4.69) is 10.6 Å². The highest BCUT2D eigenvalue weighted by atomic mass is 32.2. The molecule has 184 valence electrons. The summed E-state index contributed by atoms with van der Waals surface area (Å²) >= 11 is 0. The number of aryl methyl sites for hydroxylation is 2. The van der Waals surface area contributed by atoms with E-state index in [-0.39, 0.29) is 9.79 Å². The van der Waals surface area contributed by atoms with E-state index < -0.39 is 38.3 Å². The van der Waals surface area contributed by atoms with Crippen molar-refractivity contribution in [3.63, 3.8) is 0 Å². The van der Waals surface area contributed by atoms with Gasteiger partial charge in [0.15, 0.2) is 0 Å². The first-order chi connectivity index (χ1) is 16.5. The standard InChI is InChI=1S/C23H24N4O6S2/c1-16-8-12-19(13-9-16)34(30,31)26-22(28)24-21(18-6-4-3-5-7-18)25-23(29)27-35(32,33)20-14-10-17(2)11-15-20/h3-15,21H,1-2H3,(H2,24,26,28)(H2,25,27,29). The normalized spacial score (nSPS) is 11.5. The summed E-state index contributed by atoms with van der Waals surface area (Å²) in [7, 11) is -8.37. The molecule has 0 bridgehead atoms. The molecule has 0 aliphatic rings. The minimum absolute atomic E-state index is 0.121. The number of carbonyl (C=O) groups is 2. The summed E-state index contributed by atoms with van der Waals surface area (Å²) in [4.78, 5) is 24.8. The van der Waals surface area contributed by atoms with Gasteiger partial charge in [-0.1, -0.05) is 65.7 Å². The van der Waals surface area contributed by atoms with Gasteiger partial charge in [-0.15, -0.1) is 0 Å². The molecule has 12 heteroatoms. The second-order valence-corrected chi connectivity index (χ2v) is 11.0. The molecule has 0 aliphatic heterocycles. The Morgan fingerprint density at radius 1 is 0.600 bits per heavy atom. The molecule has 4 N–H and O–H groups in total. The van der Waals surface area contributed by atoms with Crippen LogP contribution in [0.3, 0.4) is 0 Å². The molecule has 4 amide bonds. The number of urea groups is 2. The summed E-state index contributed by atoms with van der Waals surface area (Å²) in [6.45, 7) is 3.58. The van der Waals surface area contributed by atoms with Gasteiger partial charge >= 0.3 is 12.1 Å². The minimum Gasteiger partial charge on any atom is -0.313 e. The van der Waals surface area contributed by atoms with Crippen LogP contribution < -0.4 is 20.1 Å². The zero-order chi connectivity index (χ0) is 25.6. The number of carbonyl (C=O) groups excluding carboxylic acids is 2. The molecular formula is C23H24N4O6S2. The largest absolute Gasteiger partial charge is 0.330 e. The van der Waals surface area contributed by atoms with Crippen molar-refractivity contribution in [2.75, 3.05) is 0 Å². The van der Waals surface area contributed by atoms with Crippen LogP contribution in [0.1, 0.15) is 22.9 Å². The van der Waals surface area contributed by atoms with E-state index in [1.807, 2.05) is 9.44 Å². The lowest BCUT2D eigenvalue weighted by atomic mass is 10.2. The molecule has 0 heterocycles. The Kier molecular flexibility index (Phi) is 7.77. The molecule has 0 aliphatic carbocycles. The lowest BCUT2D eigenvalue weighted by Crippen LogP contribution is -2.50. The van der Waals surface area contributed by atoms with E-state index in [1.54, 1.807) is 68.4 Å². The number of benzene rings is 3. The number of sulfonamides is 2. The third-order valence-electron chi connectivity index (χ3n) is 4.80. The molecule has 0 fully saturated rings. The van der Waals surface area contributed by atoms with Gasteiger partial charge in [0.25, 0.3) is 20.0 Å². The average Bonchev–Trinajstić information content (AvgIpc) is 2.79. The van der Waals surface area contributed by atoms with Gasteiger partial charge in [-0.05, 0) is 43.7 Å². The first kappa shape index (κ1) is 25.7. The maximum Gasteiger partial charge on any atom is 0.330 e. The minimum atomic E-state index is -4.19. The van der Waals surface area contributed by atoms with Gasteiger partial charge < -0.3 is 10.6 Å². The molecule has 0 aromatic heterocycles. The van der Waals surface area contributed by atoms with Crippen molar-refractivity contribution in [1.29, 1.82) is 0 Å². The Hall–Kier alpha value is -3.90. The van der Waals surface area contributed by atoms with Crippen LogP contribution in [0.15, 0.2) is 88.7 Å². The van der Waals surface area contributed by atoms with Gasteiger partial charge in [-0.2, -0.15) is 0 Å². The van der Waals surface area contributed by atoms with Crippen molar-refractivity contribution < 1.29 is 26.4 Å². The number of rotatable bonds is 7. The third-order valence-corrected chi connectivity index (χ3v) is 7.49. The number of amides is 4. The van der Waals surface area contributed by atoms with Crippen molar-refractivity contribution >= 4 is 32.1 Å². The Morgan fingerprint density at radius 3 is 1.34 bits per heavy atom. The van der Waals surface area contributed by atoms with Gasteiger partial charge in [-0.3, -0.25) is 0 Å². The highest BCUT2D eigenvalue weighted by Gasteiger charge is 2.24. The zero-order valence-electron chi connectivity index (χ0n) is 18.8. The first-order valence-electron chi connectivity index (χ1n) is 10.3. The Balaban J connectivity index is 1.74. The van der Waals surface area contributed by atoms with E-state index in [1.165, 1.54) is 24.3 Å². The molecule has 10 nitrogen and oxygen atoms in total. The summed E-state index contributed by atoms with van der Waals surface area (Å²) in [5.41, 5.74) is 2.06. The molecule has 0 saturated heterocycles. The smallest absolute Gasteiger partial charge is 0.313 e. The fourth-order valence-electron chi connectivity index (χ4n) is 2.97. The van der Waals surface area contributed by atoms with Crippen molar-refractivity contribution in [1.82, 2.24) is 20.1 Å². The average molecular weight is 517 g/mol. The molecule has 3 aromatic carbocycles. The van der Waals surface area contributed by atoms with E-state index >= 15 is 0 Å². The van der Waals surface area contributed by atoms with Crippen molar-refractivity contribution in [3.8, 4) is 0 Å². The molecule has 0 atom stereocenters. The second kappa shape index (κ2) is 10.6. The van der Waals surface area contributed by atoms with Gasteiger partial charge in [0.1, 0.15) is 6.17 Å². The number of hydrogen-bond donors (Lipinski definition) is 4. The van der Waals surface area contributed by atoms with Crippen LogP contribution in [0, 0.1) is 13.8 Å². The number of hydrogen-bond acceptors (Lipinski definition) is 6. The fourth-order valence-corrected chi connectivity index (χ4v) is 4.80. The Bertz CT molecular complexity index is 1320.